The summed E-state index contributed by atoms with van der Waals surface area (Å²) in [6.45, 7) is 0. The Morgan fingerprint density at radius 3 is 2.80 bits per heavy atom. The van der Waals surface area contributed by atoms with E-state index >= 15 is 0 Å². The highest BCUT2D eigenvalue weighted by Gasteiger charge is 2.02. The Kier molecular flexibility index (Phi) is 3.75. The third kappa shape index (κ3) is 3.04. The summed E-state index contributed by atoms with van der Waals surface area (Å²) in [6, 6.07) is 9.52. The standard InChI is InChI=1S/C14H11N5S/c1-2-6-16-12(3-1)9-17-19-14-18-13(10-20-14)11-4-7-15-8-5-11/h1-10H,(H,18,19). The second kappa shape index (κ2) is 6.03. The smallest absolute Gasteiger partial charge is 0.203 e. The van der Waals surface area contributed by atoms with Gasteiger partial charge in [0.15, 0.2) is 0 Å². The minimum atomic E-state index is 0.740. The minimum Gasteiger partial charge on any atom is -0.265 e. The van der Waals surface area contributed by atoms with Gasteiger partial charge in [-0.2, -0.15) is 5.10 Å². The molecule has 0 saturated carbocycles. The predicted octanol–water partition coefficient (Wildman–Crippen LogP) is 3.05. The third-order valence-corrected chi connectivity index (χ3v) is 3.27. The molecular weight excluding hydrogens is 270 g/mol. The van der Waals surface area contributed by atoms with Crippen LogP contribution in [0.4, 0.5) is 5.13 Å². The molecular formula is C14H11N5S. The van der Waals surface area contributed by atoms with E-state index in [4.69, 9.17) is 0 Å². The first-order valence-corrected chi connectivity index (χ1v) is 6.86. The highest BCUT2D eigenvalue weighted by molar-refractivity contribution is 7.14. The average molecular weight is 281 g/mol. The lowest BCUT2D eigenvalue weighted by molar-refractivity contribution is 1.26. The first-order valence-electron chi connectivity index (χ1n) is 5.98. The fourth-order valence-corrected chi connectivity index (χ4v) is 2.25. The molecule has 0 aliphatic carbocycles. The fourth-order valence-electron chi connectivity index (χ4n) is 1.59. The number of hydrazone groups is 1. The zero-order valence-electron chi connectivity index (χ0n) is 10.5. The topological polar surface area (TPSA) is 63.1 Å². The normalized spacial score (nSPS) is 10.8. The van der Waals surface area contributed by atoms with Crippen LogP contribution in [0.15, 0.2) is 59.4 Å². The molecule has 0 spiro atoms. The molecule has 3 heterocycles. The van der Waals surface area contributed by atoms with Gasteiger partial charge in [-0.3, -0.25) is 15.4 Å². The Morgan fingerprint density at radius 2 is 2.00 bits per heavy atom. The first kappa shape index (κ1) is 12.4. The molecule has 1 N–H and O–H groups in total. The van der Waals surface area contributed by atoms with Crippen molar-refractivity contribution in [3.63, 3.8) is 0 Å². The van der Waals surface area contributed by atoms with Gasteiger partial charge in [0.2, 0.25) is 5.13 Å². The van der Waals surface area contributed by atoms with Gasteiger partial charge in [-0.1, -0.05) is 6.07 Å². The quantitative estimate of drug-likeness (QED) is 0.589. The Morgan fingerprint density at radius 1 is 1.10 bits per heavy atom. The molecule has 3 rings (SSSR count). The van der Waals surface area contributed by atoms with Crippen molar-refractivity contribution in [2.45, 2.75) is 0 Å². The van der Waals surface area contributed by atoms with Crippen LogP contribution in [0.2, 0.25) is 0 Å². The number of pyridine rings is 2. The molecule has 0 unspecified atom stereocenters. The van der Waals surface area contributed by atoms with Crippen molar-refractivity contribution in [2.24, 2.45) is 5.10 Å². The average Bonchev–Trinajstić information content (AvgIpc) is 2.98. The molecule has 0 aliphatic heterocycles. The molecule has 98 valence electrons. The van der Waals surface area contributed by atoms with E-state index in [9.17, 15) is 0 Å². The van der Waals surface area contributed by atoms with E-state index in [1.807, 2.05) is 35.7 Å². The number of nitrogens with one attached hydrogen (secondary N) is 1. The lowest BCUT2D eigenvalue weighted by atomic mass is 10.2. The molecule has 0 atom stereocenters. The monoisotopic (exact) mass is 281 g/mol. The highest BCUT2D eigenvalue weighted by atomic mass is 32.1. The lowest BCUT2D eigenvalue weighted by Crippen LogP contribution is -1.91. The molecule has 6 heteroatoms. The number of aromatic nitrogens is 3. The van der Waals surface area contributed by atoms with Crippen molar-refractivity contribution in [1.82, 2.24) is 15.0 Å². The van der Waals surface area contributed by atoms with Gasteiger partial charge in [-0.05, 0) is 24.3 Å². The summed E-state index contributed by atoms with van der Waals surface area (Å²) in [5.41, 5.74) is 5.65. The van der Waals surface area contributed by atoms with E-state index in [-0.39, 0.29) is 0 Å². The maximum Gasteiger partial charge on any atom is 0.203 e. The molecule has 3 aromatic rings. The second-order valence-corrected chi connectivity index (χ2v) is 4.76. The first-order chi connectivity index (χ1) is 9.92. The zero-order valence-corrected chi connectivity index (χ0v) is 11.3. The van der Waals surface area contributed by atoms with Gasteiger partial charge >= 0.3 is 0 Å². The summed E-state index contributed by atoms with van der Waals surface area (Å²) in [4.78, 5) is 12.6. The van der Waals surface area contributed by atoms with Gasteiger partial charge < -0.3 is 0 Å². The Hall–Kier alpha value is -2.60. The molecule has 0 aliphatic rings. The van der Waals surface area contributed by atoms with E-state index in [0.29, 0.717) is 0 Å². The molecule has 5 nitrogen and oxygen atoms in total. The number of thiazole rings is 1. The van der Waals surface area contributed by atoms with Crippen LogP contribution in [0.5, 0.6) is 0 Å². The van der Waals surface area contributed by atoms with Crippen LogP contribution in [-0.2, 0) is 0 Å². The van der Waals surface area contributed by atoms with E-state index in [1.54, 1.807) is 24.8 Å². The van der Waals surface area contributed by atoms with Gasteiger partial charge in [0, 0.05) is 29.5 Å². The van der Waals surface area contributed by atoms with Gasteiger partial charge in [0.1, 0.15) is 0 Å². The van der Waals surface area contributed by atoms with Gasteiger partial charge in [-0.15, -0.1) is 11.3 Å². The number of hydrogen-bond acceptors (Lipinski definition) is 6. The minimum absolute atomic E-state index is 0.740. The van der Waals surface area contributed by atoms with Crippen LogP contribution in [0.25, 0.3) is 11.3 Å². The van der Waals surface area contributed by atoms with Crippen molar-refractivity contribution in [1.29, 1.82) is 0 Å². The van der Waals surface area contributed by atoms with E-state index in [2.05, 4.69) is 25.5 Å². The van der Waals surface area contributed by atoms with Crippen molar-refractivity contribution in [2.75, 3.05) is 5.43 Å². The van der Waals surface area contributed by atoms with E-state index in [1.165, 1.54) is 11.3 Å². The van der Waals surface area contributed by atoms with Crippen LogP contribution in [-0.4, -0.2) is 21.2 Å². The molecule has 0 fully saturated rings. The summed E-state index contributed by atoms with van der Waals surface area (Å²) in [7, 11) is 0. The predicted molar refractivity (Wildman–Crippen MR) is 80.8 cm³/mol. The highest BCUT2D eigenvalue weighted by Crippen LogP contribution is 2.23. The van der Waals surface area contributed by atoms with Crippen molar-refractivity contribution in [3.05, 3.63) is 60.0 Å². The van der Waals surface area contributed by atoms with Crippen LogP contribution >= 0.6 is 11.3 Å². The Bertz CT molecular complexity index is 694. The molecule has 0 radical (unpaired) electrons. The summed E-state index contributed by atoms with van der Waals surface area (Å²) in [6.07, 6.45) is 6.89. The third-order valence-electron chi connectivity index (χ3n) is 2.53. The van der Waals surface area contributed by atoms with E-state index in [0.717, 1.165) is 22.1 Å². The van der Waals surface area contributed by atoms with Gasteiger partial charge in [0.05, 0.1) is 17.6 Å². The Labute approximate surface area is 120 Å². The molecule has 0 bridgehead atoms. The van der Waals surface area contributed by atoms with Crippen LogP contribution in [0.1, 0.15) is 5.69 Å². The summed E-state index contributed by atoms with van der Waals surface area (Å²) < 4.78 is 0. The number of anilines is 1. The maximum atomic E-state index is 4.46. The van der Waals surface area contributed by atoms with Gasteiger partial charge in [0.25, 0.3) is 0 Å². The number of hydrogen-bond donors (Lipinski definition) is 1. The van der Waals surface area contributed by atoms with Crippen molar-refractivity contribution >= 4 is 22.7 Å². The lowest BCUT2D eigenvalue weighted by Gasteiger charge is -1.95. The van der Waals surface area contributed by atoms with Gasteiger partial charge in [-0.25, -0.2) is 4.98 Å². The second-order valence-electron chi connectivity index (χ2n) is 3.90. The van der Waals surface area contributed by atoms with Crippen molar-refractivity contribution in [3.8, 4) is 11.3 Å². The van der Waals surface area contributed by atoms with Crippen LogP contribution < -0.4 is 5.43 Å². The molecule has 0 amide bonds. The molecule has 0 aromatic carbocycles. The van der Waals surface area contributed by atoms with Crippen molar-refractivity contribution < 1.29 is 0 Å². The maximum absolute atomic E-state index is 4.46. The SMILES string of the molecule is C(=NNc1nc(-c2ccncc2)cs1)c1ccccn1. The summed E-state index contributed by atoms with van der Waals surface area (Å²) >= 11 is 1.50. The Balaban J connectivity index is 1.68. The van der Waals surface area contributed by atoms with E-state index < -0.39 is 0 Å². The summed E-state index contributed by atoms with van der Waals surface area (Å²) in [5.74, 6) is 0. The largest absolute Gasteiger partial charge is 0.265 e. The summed E-state index contributed by atoms with van der Waals surface area (Å²) in [5, 5.41) is 6.84. The van der Waals surface area contributed by atoms with Crippen LogP contribution in [0.3, 0.4) is 0 Å². The number of rotatable bonds is 4. The number of nitrogens with zero attached hydrogens (tertiary/aromatic N) is 4. The van der Waals surface area contributed by atoms with Crippen LogP contribution in [0, 0.1) is 0 Å². The molecule has 0 saturated heterocycles. The fraction of sp³-hybridized carbons (Fsp3) is 0. The molecule has 3 aromatic heterocycles. The zero-order chi connectivity index (χ0) is 13.6. The molecule has 20 heavy (non-hydrogen) atoms.